The molecule has 5 nitrogen and oxygen atoms in total. The van der Waals surface area contributed by atoms with Crippen LogP contribution in [0.3, 0.4) is 0 Å². The van der Waals surface area contributed by atoms with Crippen LogP contribution in [-0.2, 0) is 9.59 Å². The molecule has 1 aromatic rings. The summed E-state index contributed by atoms with van der Waals surface area (Å²) in [5.41, 5.74) is 0.465. The van der Waals surface area contributed by atoms with Crippen LogP contribution in [0, 0.1) is 11.7 Å². The van der Waals surface area contributed by atoms with Crippen molar-refractivity contribution in [1.82, 2.24) is 9.80 Å². The largest absolute Gasteiger partial charge is 0.340 e. The van der Waals surface area contributed by atoms with E-state index < -0.39 is 0 Å². The fourth-order valence-electron chi connectivity index (χ4n) is 2.68. The fourth-order valence-corrected chi connectivity index (χ4v) is 2.68. The lowest BCUT2D eigenvalue weighted by Gasteiger charge is -2.34. The first kappa shape index (κ1) is 15.0. The van der Waals surface area contributed by atoms with E-state index in [2.05, 4.69) is 5.32 Å². The molecule has 1 saturated heterocycles. The summed E-state index contributed by atoms with van der Waals surface area (Å²) in [6.45, 7) is 3.04. The Morgan fingerprint density at radius 3 is 2.55 bits per heavy atom. The van der Waals surface area contributed by atoms with E-state index in [0.29, 0.717) is 31.9 Å². The molecule has 1 saturated carbocycles. The zero-order chi connectivity index (χ0) is 15.5. The first-order valence-corrected chi connectivity index (χ1v) is 7.68. The maximum absolute atomic E-state index is 13.1. The van der Waals surface area contributed by atoms with Gasteiger partial charge in [-0.15, -0.1) is 0 Å². The van der Waals surface area contributed by atoms with Crippen LogP contribution >= 0.6 is 0 Å². The van der Waals surface area contributed by atoms with E-state index in [-0.39, 0.29) is 30.1 Å². The Balaban J connectivity index is 1.44. The molecule has 6 heteroatoms. The third kappa shape index (κ3) is 3.82. The van der Waals surface area contributed by atoms with E-state index >= 15 is 0 Å². The number of halogens is 1. The molecule has 0 radical (unpaired) electrons. The second-order valence-electron chi connectivity index (χ2n) is 5.93. The van der Waals surface area contributed by atoms with E-state index in [1.165, 1.54) is 12.1 Å². The number of rotatable bonds is 4. The number of anilines is 1. The molecular formula is C16H20FN3O2. The molecule has 118 valence electrons. The maximum Gasteiger partial charge on any atom is 0.238 e. The SMILES string of the molecule is O=C(CN1CCN(C(=O)C2CC2)CC1)Nc1cccc(F)c1. The first-order chi connectivity index (χ1) is 10.6. The zero-order valence-electron chi connectivity index (χ0n) is 12.4. The molecule has 2 aliphatic rings. The van der Waals surface area contributed by atoms with Crippen molar-refractivity contribution in [3.8, 4) is 0 Å². The highest BCUT2D eigenvalue weighted by atomic mass is 19.1. The first-order valence-electron chi connectivity index (χ1n) is 7.68. The third-order valence-corrected chi connectivity index (χ3v) is 4.09. The van der Waals surface area contributed by atoms with Crippen LogP contribution in [0.25, 0.3) is 0 Å². The summed E-state index contributed by atoms with van der Waals surface area (Å²) in [5.74, 6) is -0.00994. The van der Waals surface area contributed by atoms with Crippen molar-refractivity contribution in [2.45, 2.75) is 12.8 Å². The highest BCUT2D eigenvalue weighted by Crippen LogP contribution is 2.31. The molecule has 1 aliphatic heterocycles. The van der Waals surface area contributed by atoms with Gasteiger partial charge >= 0.3 is 0 Å². The number of benzene rings is 1. The van der Waals surface area contributed by atoms with Gasteiger partial charge in [0.15, 0.2) is 0 Å². The lowest BCUT2D eigenvalue weighted by Crippen LogP contribution is -2.50. The summed E-state index contributed by atoms with van der Waals surface area (Å²) in [7, 11) is 0. The average molecular weight is 305 g/mol. The van der Waals surface area contributed by atoms with Gasteiger partial charge < -0.3 is 10.2 Å². The van der Waals surface area contributed by atoms with Crippen molar-refractivity contribution >= 4 is 17.5 Å². The summed E-state index contributed by atoms with van der Waals surface area (Å²) in [4.78, 5) is 27.8. The van der Waals surface area contributed by atoms with Gasteiger partial charge in [-0.2, -0.15) is 0 Å². The van der Waals surface area contributed by atoms with E-state index in [4.69, 9.17) is 0 Å². The number of carbonyl (C=O) groups is 2. The second-order valence-corrected chi connectivity index (χ2v) is 5.93. The van der Waals surface area contributed by atoms with Crippen molar-refractivity contribution in [2.24, 2.45) is 5.92 Å². The minimum atomic E-state index is -0.370. The Kier molecular flexibility index (Phi) is 4.38. The van der Waals surface area contributed by atoms with Crippen molar-refractivity contribution in [1.29, 1.82) is 0 Å². The number of nitrogens with one attached hydrogen (secondary N) is 1. The van der Waals surface area contributed by atoms with E-state index in [1.54, 1.807) is 12.1 Å². The van der Waals surface area contributed by atoms with Gasteiger partial charge in [0.25, 0.3) is 0 Å². The van der Waals surface area contributed by atoms with Crippen molar-refractivity contribution in [2.75, 3.05) is 38.0 Å². The van der Waals surface area contributed by atoms with Crippen molar-refractivity contribution in [3.63, 3.8) is 0 Å². The predicted octanol–water partition coefficient (Wildman–Crippen LogP) is 1.32. The number of hydrogen-bond donors (Lipinski definition) is 1. The molecule has 2 amide bonds. The van der Waals surface area contributed by atoms with Crippen LogP contribution in [-0.4, -0.2) is 54.3 Å². The lowest BCUT2D eigenvalue weighted by molar-refractivity contribution is -0.134. The molecule has 0 spiro atoms. The fraction of sp³-hybridized carbons (Fsp3) is 0.500. The van der Waals surface area contributed by atoms with Crippen LogP contribution in [0.1, 0.15) is 12.8 Å². The molecule has 0 bridgehead atoms. The van der Waals surface area contributed by atoms with Gasteiger partial charge in [-0.25, -0.2) is 4.39 Å². The standard InChI is InChI=1S/C16H20FN3O2/c17-13-2-1-3-14(10-13)18-15(21)11-19-6-8-20(9-7-19)16(22)12-4-5-12/h1-3,10,12H,4-9,11H2,(H,18,21). The number of piperazine rings is 1. The summed E-state index contributed by atoms with van der Waals surface area (Å²) in [5, 5.41) is 2.69. The highest BCUT2D eigenvalue weighted by Gasteiger charge is 2.34. The zero-order valence-corrected chi connectivity index (χ0v) is 12.4. The van der Waals surface area contributed by atoms with Gasteiger partial charge in [-0.05, 0) is 31.0 Å². The quantitative estimate of drug-likeness (QED) is 0.913. The molecular weight excluding hydrogens is 285 g/mol. The number of nitrogens with zero attached hydrogens (tertiary/aromatic N) is 2. The molecule has 22 heavy (non-hydrogen) atoms. The second kappa shape index (κ2) is 6.44. The molecule has 0 unspecified atom stereocenters. The molecule has 3 rings (SSSR count). The van der Waals surface area contributed by atoms with Crippen LogP contribution in [0.5, 0.6) is 0 Å². The van der Waals surface area contributed by atoms with Crippen molar-refractivity contribution in [3.05, 3.63) is 30.1 Å². The van der Waals surface area contributed by atoms with Gasteiger partial charge in [0.1, 0.15) is 5.82 Å². The Morgan fingerprint density at radius 2 is 1.91 bits per heavy atom. The predicted molar refractivity (Wildman–Crippen MR) is 80.8 cm³/mol. The lowest BCUT2D eigenvalue weighted by atomic mass is 10.2. The van der Waals surface area contributed by atoms with Gasteiger partial charge in [0.2, 0.25) is 11.8 Å². The molecule has 1 aromatic carbocycles. The van der Waals surface area contributed by atoms with E-state index in [9.17, 15) is 14.0 Å². The maximum atomic E-state index is 13.1. The molecule has 1 heterocycles. The van der Waals surface area contributed by atoms with Crippen LogP contribution < -0.4 is 5.32 Å². The number of carbonyl (C=O) groups excluding carboxylic acids is 2. The monoisotopic (exact) mass is 305 g/mol. The highest BCUT2D eigenvalue weighted by molar-refractivity contribution is 5.92. The molecule has 1 aliphatic carbocycles. The Hall–Kier alpha value is -1.95. The van der Waals surface area contributed by atoms with Gasteiger partial charge in [0, 0.05) is 37.8 Å². The van der Waals surface area contributed by atoms with E-state index in [1.807, 2.05) is 9.80 Å². The van der Waals surface area contributed by atoms with Crippen LogP contribution in [0.2, 0.25) is 0 Å². The summed E-state index contributed by atoms with van der Waals surface area (Å²) < 4.78 is 13.1. The number of amides is 2. The van der Waals surface area contributed by atoms with Gasteiger partial charge in [0.05, 0.1) is 6.54 Å². The topological polar surface area (TPSA) is 52.7 Å². The van der Waals surface area contributed by atoms with Crippen LogP contribution in [0.15, 0.2) is 24.3 Å². The van der Waals surface area contributed by atoms with Gasteiger partial charge in [-0.1, -0.05) is 6.07 Å². The third-order valence-electron chi connectivity index (χ3n) is 4.09. The number of hydrogen-bond acceptors (Lipinski definition) is 3. The minimum absolute atomic E-state index is 0.160. The summed E-state index contributed by atoms with van der Waals surface area (Å²) >= 11 is 0. The summed E-state index contributed by atoms with van der Waals surface area (Å²) in [6, 6.07) is 5.86. The Morgan fingerprint density at radius 1 is 1.18 bits per heavy atom. The van der Waals surface area contributed by atoms with E-state index in [0.717, 1.165) is 12.8 Å². The van der Waals surface area contributed by atoms with Crippen LogP contribution in [0.4, 0.5) is 10.1 Å². The smallest absolute Gasteiger partial charge is 0.238 e. The molecule has 0 atom stereocenters. The average Bonchev–Trinajstić information content (AvgIpc) is 3.32. The summed E-state index contributed by atoms with van der Waals surface area (Å²) in [6.07, 6.45) is 2.05. The molecule has 2 fully saturated rings. The molecule has 1 N–H and O–H groups in total. The van der Waals surface area contributed by atoms with Gasteiger partial charge in [-0.3, -0.25) is 14.5 Å². The Labute approximate surface area is 129 Å². The normalized spacial score (nSPS) is 19.0. The minimum Gasteiger partial charge on any atom is -0.340 e. The Bertz CT molecular complexity index is 566. The molecule has 0 aromatic heterocycles. The van der Waals surface area contributed by atoms with Crippen molar-refractivity contribution < 1.29 is 14.0 Å².